The standard InChI is InChI=1S/C12H15NO2/c1-10(14)13-9-15-8-12(13)7-11-5-3-2-4-6-11/h2-6,12H,7-9H2,1H3/t12-/m0/s1. The van der Waals surface area contributed by atoms with Gasteiger partial charge in [0.2, 0.25) is 5.91 Å². The molecule has 1 aliphatic heterocycles. The smallest absolute Gasteiger partial charge is 0.221 e. The number of carbonyl (C=O) groups excluding carboxylic acids is 1. The number of ether oxygens (including phenoxy) is 1. The molecular weight excluding hydrogens is 190 g/mol. The SMILES string of the molecule is CC(=O)N1COC[C@@H]1Cc1ccccc1. The lowest BCUT2D eigenvalue weighted by Crippen LogP contribution is -2.36. The molecule has 0 radical (unpaired) electrons. The van der Waals surface area contributed by atoms with E-state index in [1.54, 1.807) is 11.8 Å². The zero-order valence-corrected chi connectivity index (χ0v) is 8.85. The monoisotopic (exact) mass is 205 g/mol. The van der Waals surface area contributed by atoms with E-state index in [0.717, 1.165) is 6.42 Å². The van der Waals surface area contributed by atoms with Gasteiger partial charge >= 0.3 is 0 Å². The summed E-state index contributed by atoms with van der Waals surface area (Å²) in [4.78, 5) is 13.1. The van der Waals surface area contributed by atoms with Crippen LogP contribution in [0, 0.1) is 0 Å². The van der Waals surface area contributed by atoms with Gasteiger partial charge in [-0.3, -0.25) is 4.79 Å². The Kier molecular flexibility index (Phi) is 3.02. The third-order valence-corrected chi connectivity index (χ3v) is 2.70. The second kappa shape index (κ2) is 4.45. The molecule has 80 valence electrons. The number of carbonyl (C=O) groups is 1. The van der Waals surface area contributed by atoms with Gasteiger partial charge in [-0.25, -0.2) is 0 Å². The second-order valence-electron chi connectivity index (χ2n) is 3.83. The van der Waals surface area contributed by atoms with Gasteiger partial charge in [0.15, 0.2) is 0 Å². The first-order chi connectivity index (χ1) is 7.27. The largest absolute Gasteiger partial charge is 0.359 e. The Labute approximate surface area is 89.7 Å². The van der Waals surface area contributed by atoms with Crippen molar-refractivity contribution >= 4 is 5.91 Å². The lowest BCUT2D eigenvalue weighted by molar-refractivity contribution is -0.130. The van der Waals surface area contributed by atoms with E-state index in [0.29, 0.717) is 13.3 Å². The molecule has 1 aliphatic rings. The van der Waals surface area contributed by atoms with Gasteiger partial charge in [0.25, 0.3) is 0 Å². The van der Waals surface area contributed by atoms with Gasteiger partial charge in [-0.15, -0.1) is 0 Å². The fourth-order valence-electron chi connectivity index (χ4n) is 1.89. The minimum atomic E-state index is 0.0911. The van der Waals surface area contributed by atoms with Gasteiger partial charge < -0.3 is 9.64 Å². The number of benzene rings is 1. The minimum absolute atomic E-state index is 0.0911. The Balaban J connectivity index is 2.03. The van der Waals surface area contributed by atoms with Crippen molar-refractivity contribution in [3.8, 4) is 0 Å². The Morgan fingerprint density at radius 3 is 2.87 bits per heavy atom. The van der Waals surface area contributed by atoms with Gasteiger partial charge in [0, 0.05) is 6.92 Å². The first-order valence-corrected chi connectivity index (χ1v) is 5.16. The molecule has 0 saturated carbocycles. The fraction of sp³-hybridized carbons (Fsp3) is 0.417. The molecule has 0 aliphatic carbocycles. The van der Waals surface area contributed by atoms with E-state index in [-0.39, 0.29) is 11.9 Å². The summed E-state index contributed by atoms with van der Waals surface area (Å²) in [6.45, 7) is 2.67. The molecule has 0 aromatic heterocycles. The lowest BCUT2D eigenvalue weighted by Gasteiger charge is -2.20. The van der Waals surface area contributed by atoms with Crippen LogP contribution in [0.4, 0.5) is 0 Å². The molecular formula is C12H15NO2. The Morgan fingerprint density at radius 1 is 1.47 bits per heavy atom. The van der Waals surface area contributed by atoms with Crippen LogP contribution in [-0.4, -0.2) is 30.2 Å². The highest BCUT2D eigenvalue weighted by atomic mass is 16.5. The summed E-state index contributed by atoms with van der Waals surface area (Å²) in [6, 6.07) is 10.4. The molecule has 1 fully saturated rings. The number of hydrogen-bond donors (Lipinski definition) is 0. The zero-order chi connectivity index (χ0) is 10.7. The molecule has 0 unspecified atom stereocenters. The van der Waals surface area contributed by atoms with Crippen molar-refractivity contribution in [2.24, 2.45) is 0 Å². The van der Waals surface area contributed by atoms with Crippen molar-refractivity contribution in [2.75, 3.05) is 13.3 Å². The van der Waals surface area contributed by atoms with Crippen LogP contribution in [0.5, 0.6) is 0 Å². The highest BCUT2D eigenvalue weighted by Gasteiger charge is 2.27. The maximum Gasteiger partial charge on any atom is 0.221 e. The molecule has 15 heavy (non-hydrogen) atoms. The van der Waals surface area contributed by atoms with E-state index < -0.39 is 0 Å². The van der Waals surface area contributed by atoms with E-state index in [1.165, 1.54) is 5.56 Å². The van der Waals surface area contributed by atoms with Gasteiger partial charge in [-0.1, -0.05) is 30.3 Å². The molecule has 1 amide bonds. The van der Waals surface area contributed by atoms with Gasteiger partial charge in [0.1, 0.15) is 6.73 Å². The molecule has 1 atom stereocenters. The quantitative estimate of drug-likeness (QED) is 0.731. The van der Waals surface area contributed by atoms with Crippen LogP contribution in [0.1, 0.15) is 12.5 Å². The summed E-state index contributed by atoms with van der Waals surface area (Å²) in [5.41, 5.74) is 1.25. The van der Waals surface area contributed by atoms with Crippen molar-refractivity contribution in [2.45, 2.75) is 19.4 Å². The van der Waals surface area contributed by atoms with Crippen LogP contribution in [0.15, 0.2) is 30.3 Å². The molecule has 1 heterocycles. The highest BCUT2D eigenvalue weighted by Crippen LogP contribution is 2.14. The summed E-state index contributed by atoms with van der Waals surface area (Å²) in [7, 11) is 0. The Hall–Kier alpha value is -1.35. The topological polar surface area (TPSA) is 29.5 Å². The number of nitrogens with zero attached hydrogens (tertiary/aromatic N) is 1. The minimum Gasteiger partial charge on any atom is -0.359 e. The molecule has 3 heteroatoms. The normalized spacial score (nSPS) is 20.6. The van der Waals surface area contributed by atoms with E-state index in [2.05, 4.69) is 12.1 Å². The Bertz CT molecular complexity index is 337. The van der Waals surface area contributed by atoms with Crippen LogP contribution >= 0.6 is 0 Å². The Morgan fingerprint density at radius 2 is 2.20 bits per heavy atom. The first-order valence-electron chi connectivity index (χ1n) is 5.16. The van der Waals surface area contributed by atoms with Crippen molar-refractivity contribution in [1.82, 2.24) is 4.90 Å². The average Bonchev–Trinajstić information content (AvgIpc) is 2.67. The first kappa shape index (κ1) is 10.2. The average molecular weight is 205 g/mol. The van der Waals surface area contributed by atoms with Crippen molar-refractivity contribution in [3.63, 3.8) is 0 Å². The predicted molar refractivity (Wildman–Crippen MR) is 57.3 cm³/mol. The molecule has 0 N–H and O–H groups in total. The van der Waals surface area contributed by atoms with Crippen LogP contribution in [0.2, 0.25) is 0 Å². The molecule has 1 aromatic carbocycles. The van der Waals surface area contributed by atoms with Gasteiger partial charge in [-0.05, 0) is 12.0 Å². The molecule has 0 bridgehead atoms. The van der Waals surface area contributed by atoms with E-state index in [4.69, 9.17) is 4.74 Å². The molecule has 2 rings (SSSR count). The summed E-state index contributed by atoms with van der Waals surface area (Å²) in [5.74, 6) is 0.0911. The van der Waals surface area contributed by atoms with Crippen LogP contribution < -0.4 is 0 Å². The molecule has 1 saturated heterocycles. The molecule has 3 nitrogen and oxygen atoms in total. The number of amides is 1. The highest BCUT2D eigenvalue weighted by molar-refractivity contribution is 5.73. The molecule has 0 spiro atoms. The predicted octanol–water partition coefficient (Wildman–Crippen LogP) is 1.43. The molecule has 1 aromatic rings. The van der Waals surface area contributed by atoms with Crippen LogP contribution in [0.25, 0.3) is 0 Å². The van der Waals surface area contributed by atoms with Gasteiger partial charge in [-0.2, -0.15) is 0 Å². The van der Waals surface area contributed by atoms with Gasteiger partial charge in [0.05, 0.1) is 12.6 Å². The second-order valence-corrected chi connectivity index (χ2v) is 3.83. The summed E-state index contributed by atoms with van der Waals surface area (Å²) < 4.78 is 5.31. The van der Waals surface area contributed by atoms with E-state index in [1.807, 2.05) is 18.2 Å². The third-order valence-electron chi connectivity index (χ3n) is 2.70. The number of hydrogen-bond acceptors (Lipinski definition) is 2. The van der Waals surface area contributed by atoms with Crippen molar-refractivity contribution < 1.29 is 9.53 Å². The van der Waals surface area contributed by atoms with Crippen LogP contribution in [0.3, 0.4) is 0 Å². The maximum atomic E-state index is 11.3. The summed E-state index contributed by atoms with van der Waals surface area (Å²) >= 11 is 0. The summed E-state index contributed by atoms with van der Waals surface area (Å²) in [5, 5.41) is 0. The zero-order valence-electron chi connectivity index (χ0n) is 8.85. The summed E-state index contributed by atoms with van der Waals surface area (Å²) in [6.07, 6.45) is 0.875. The number of rotatable bonds is 2. The van der Waals surface area contributed by atoms with E-state index in [9.17, 15) is 4.79 Å². The third kappa shape index (κ3) is 2.36. The van der Waals surface area contributed by atoms with Crippen molar-refractivity contribution in [1.29, 1.82) is 0 Å². The maximum absolute atomic E-state index is 11.3. The van der Waals surface area contributed by atoms with Crippen molar-refractivity contribution in [3.05, 3.63) is 35.9 Å². The lowest BCUT2D eigenvalue weighted by atomic mass is 10.1. The van der Waals surface area contributed by atoms with E-state index >= 15 is 0 Å². The fourth-order valence-corrected chi connectivity index (χ4v) is 1.89. The van der Waals surface area contributed by atoms with Crippen LogP contribution in [-0.2, 0) is 16.0 Å².